The van der Waals surface area contributed by atoms with Gasteiger partial charge in [0.1, 0.15) is 0 Å². The van der Waals surface area contributed by atoms with Crippen LogP contribution in [0, 0.1) is 0 Å². The topological polar surface area (TPSA) is 52.6 Å². The third kappa shape index (κ3) is 5.86. The molecule has 118 valence electrons. The Hall–Kier alpha value is -1.39. The average molecular weight is 292 g/mol. The van der Waals surface area contributed by atoms with Gasteiger partial charge in [0.2, 0.25) is 5.91 Å². The summed E-state index contributed by atoms with van der Waals surface area (Å²) in [4.78, 5) is 14.4. The van der Waals surface area contributed by atoms with Gasteiger partial charge in [-0.05, 0) is 39.8 Å². The summed E-state index contributed by atoms with van der Waals surface area (Å²) in [5.74, 6) is -0.0162. The molecule has 0 aliphatic heterocycles. The first kappa shape index (κ1) is 17.7. The number of likely N-dealkylation sites (N-methyl/N-ethyl adjacent to an activating group) is 1. The Bertz CT molecular complexity index is 440. The lowest BCUT2D eigenvalue weighted by Gasteiger charge is -2.32. The van der Waals surface area contributed by atoms with Gasteiger partial charge in [-0.25, -0.2) is 0 Å². The molecule has 1 aromatic carbocycles. The van der Waals surface area contributed by atoms with Crippen molar-refractivity contribution in [3.05, 3.63) is 35.9 Å². The van der Waals surface area contributed by atoms with Crippen molar-refractivity contribution in [1.82, 2.24) is 10.2 Å². The predicted molar refractivity (Wildman–Crippen MR) is 86.0 cm³/mol. The minimum Gasteiger partial charge on any atom is -0.389 e. The van der Waals surface area contributed by atoms with E-state index in [1.807, 2.05) is 56.0 Å². The summed E-state index contributed by atoms with van der Waals surface area (Å²) in [5.41, 5.74) is 0.277. The van der Waals surface area contributed by atoms with Gasteiger partial charge >= 0.3 is 0 Å². The highest BCUT2D eigenvalue weighted by Crippen LogP contribution is 2.13. The van der Waals surface area contributed by atoms with Crippen LogP contribution in [0.3, 0.4) is 0 Å². The molecular weight excluding hydrogens is 264 g/mol. The number of aliphatic hydroxyl groups is 1. The van der Waals surface area contributed by atoms with Crippen LogP contribution in [0.5, 0.6) is 0 Å². The van der Waals surface area contributed by atoms with Gasteiger partial charge in [-0.2, -0.15) is 0 Å². The van der Waals surface area contributed by atoms with Crippen LogP contribution in [-0.4, -0.2) is 40.6 Å². The molecule has 0 bridgehead atoms. The molecule has 1 aromatic rings. The number of hydrogen-bond donors (Lipinski definition) is 2. The molecule has 0 saturated heterocycles. The second kappa shape index (κ2) is 7.57. The summed E-state index contributed by atoms with van der Waals surface area (Å²) in [6.07, 6.45) is 0. The second-order valence-corrected chi connectivity index (χ2v) is 6.19. The molecule has 0 fully saturated rings. The molecular formula is C17H28N2O2. The van der Waals surface area contributed by atoms with E-state index in [4.69, 9.17) is 0 Å². The molecule has 1 amide bonds. The number of hydrogen-bond acceptors (Lipinski definition) is 3. The van der Waals surface area contributed by atoms with Gasteiger partial charge < -0.3 is 10.4 Å². The zero-order valence-electron chi connectivity index (χ0n) is 13.8. The Morgan fingerprint density at radius 1 is 1.29 bits per heavy atom. The van der Waals surface area contributed by atoms with E-state index in [1.165, 1.54) is 0 Å². The van der Waals surface area contributed by atoms with Gasteiger partial charge in [-0.1, -0.05) is 37.3 Å². The van der Waals surface area contributed by atoms with Gasteiger partial charge in [0.05, 0.1) is 17.7 Å². The average Bonchev–Trinajstić information content (AvgIpc) is 2.43. The monoisotopic (exact) mass is 292 g/mol. The van der Waals surface area contributed by atoms with Gasteiger partial charge in [0.15, 0.2) is 0 Å². The molecule has 0 heterocycles. The minimum atomic E-state index is -0.810. The van der Waals surface area contributed by atoms with Crippen LogP contribution in [-0.2, 0) is 4.79 Å². The normalized spacial score (nSPS) is 14.8. The lowest BCUT2D eigenvalue weighted by molar-refractivity contribution is -0.127. The maximum atomic E-state index is 12.4. The van der Waals surface area contributed by atoms with E-state index in [-0.39, 0.29) is 18.0 Å². The molecule has 0 aromatic heterocycles. The highest BCUT2D eigenvalue weighted by Gasteiger charge is 2.26. The highest BCUT2D eigenvalue weighted by molar-refractivity contribution is 5.81. The van der Waals surface area contributed by atoms with E-state index in [0.717, 1.165) is 12.1 Å². The fraction of sp³-hybridized carbons (Fsp3) is 0.588. The lowest BCUT2D eigenvalue weighted by Crippen LogP contribution is -2.50. The molecule has 4 heteroatoms. The van der Waals surface area contributed by atoms with Gasteiger partial charge in [-0.3, -0.25) is 9.69 Å². The number of carbonyl (C=O) groups is 1. The highest BCUT2D eigenvalue weighted by atomic mass is 16.3. The maximum absolute atomic E-state index is 12.4. The number of benzene rings is 1. The predicted octanol–water partition coefficient (Wildman–Crippen LogP) is 2.35. The summed E-state index contributed by atoms with van der Waals surface area (Å²) in [6, 6.07) is 9.61. The fourth-order valence-electron chi connectivity index (χ4n) is 2.34. The zero-order chi connectivity index (χ0) is 16.0. The molecule has 1 rings (SSSR count). The summed E-state index contributed by atoms with van der Waals surface area (Å²) >= 11 is 0. The minimum absolute atomic E-state index is 0.0162. The summed E-state index contributed by atoms with van der Waals surface area (Å²) in [5, 5.41) is 13.0. The summed E-state index contributed by atoms with van der Waals surface area (Å²) in [7, 11) is 0. The quantitative estimate of drug-likeness (QED) is 0.811. The molecule has 4 nitrogen and oxygen atoms in total. The molecule has 2 N–H and O–H groups in total. The number of carbonyl (C=O) groups excluding carboxylic acids is 1. The Labute approximate surface area is 128 Å². The first-order chi connectivity index (χ1) is 9.74. The van der Waals surface area contributed by atoms with Crippen molar-refractivity contribution in [2.24, 2.45) is 0 Å². The third-order valence-corrected chi connectivity index (χ3v) is 3.58. The Morgan fingerprint density at radius 3 is 2.33 bits per heavy atom. The van der Waals surface area contributed by atoms with Gasteiger partial charge in [-0.15, -0.1) is 0 Å². The largest absolute Gasteiger partial charge is 0.389 e. The van der Waals surface area contributed by atoms with Crippen LogP contribution in [0.4, 0.5) is 0 Å². The van der Waals surface area contributed by atoms with E-state index in [9.17, 15) is 9.90 Å². The van der Waals surface area contributed by atoms with E-state index in [1.54, 1.807) is 13.8 Å². The van der Waals surface area contributed by atoms with E-state index < -0.39 is 5.60 Å². The van der Waals surface area contributed by atoms with Crippen molar-refractivity contribution < 1.29 is 9.90 Å². The first-order valence-electron chi connectivity index (χ1n) is 7.56. The Balaban J connectivity index is 2.65. The van der Waals surface area contributed by atoms with Crippen LogP contribution in [0.25, 0.3) is 0 Å². The van der Waals surface area contributed by atoms with Crippen molar-refractivity contribution in [2.45, 2.75) is 52.3 Å². The van der Waals surface area contributed by atoms with Crippen LogP contribution < -0.4 is 5.32 Å². The maximum Gasteiger partial charge on any atom is 0.237 e. The van der Waals surface area contributed by atoms with Crippen molar-refractivity contribution in [3.63, 3.8) is 0 Å². The molecule has 0 aliphatic rings. The number of amides is 1. The van der Waals surface area contributed by atoms with Crippen molar-refractivity contribution in [2.75, 3.05) is 13.1 Å². The van der Waals surface area contributed by atoms with E-state index in [2.05, 4.69) is 5.32 Å². The van der Waals surface area contributed by atoms with E-state index >= 15 is 0 Å². The summed E-state index contributed by atoms with van der Waals surface area (Å²) < 4.78 is 0. The second-order valence-electron chi connectivity index (χ2n) is 6.19. The molecule has 2 atom stereocenters. The Morgan fingerprint density at radius 2 is 1.86 bits per heavy atom. The number of nitrogens with one attached hydrogen (secondary N) is 1. The molecule has 0 radical (unpaired) electrons. The smallest absolute Gasteiger partial charge is 0.237 e. The van der Waals surface area contributed by atoms with Crippen LogP contribution in [0.1, 0.15) is 46.2 Å². The van der Waals surface area contributed by atoms with Crippen molar-refractivity contribution >= 4 is 5.91 Å². The molecule has 0 spiro atoms. The third-order valence-electron chi connectivity index (χ3n) is 3.58. The number of nitrogens with zero attached hydrogens (tertiary/aromatic N) is 1. The van der Waals surface area contributed by atoms with Crippen LogP contribution >= 0.6 is 0 Å². The molecule has 21 heavy (non-hydrogen) atoms. The Kier molecular flexibility index (Phi) is 6.37. The van der Waals surface area contributed by atoms with Gasteiger partial charge in [0.25, 0.3) is 0 Å². The molecule has 0 aliphatic carbocycles. The SMILES string of the molecule is CCN(CC(C)(C)O)C(C)C(=O)NC(C)c1ccccc1. The standard InChI is InChI=1S/C17H28N2O2/c1-6-19(12-17(4,5)21)14(3)16(20)18-13(2)15-10-8-7-9-11-15/h7-11,13-14,21H,6,12H2,1-5H3,(H,18,20). The fourth-order valence-corrected chi connectivity index (χ4v) is 2.34. The molecule has 0 saturated carbocycles. The first-order valence-corrected chi connectivity index (χ1v) is 7.56. The van der Waals surface area contributed by atoms with Gasteiger partial charge in [0, 0.05) is 6.54 Å². The number of rotatable bonds is 7. The van der Waals surface area contributed by atoms with Crippen LogP contribution in [0.15, 0.2) is 30.3 Å². The summed E-state index contributed by atoms with van der Waals surface area (Å²) in [6.45, 7) is 10.6. The van der Waals surface area contributed by atoms with Crippen LogP contribution in [0.2, 0.25) is 0 Å². The van der Waals surface area contributed by atoms with Crippen molar-refractivity contribution in [1.29, 1.82) is 0 Å². The van der Waals surface area contributed by atoms with E-state index in [0.29, 0.717) is 6.54 Å². The molecule has 2 unspecified atom stereocenters. The zero-order valence-corrected chi connectivity index (χ0v) is 13.8. The van der Waals surface area contributed by atoms with Crippen molar-refractivity contribution in [3.8, 4) is 0 Å². The lowest BCUT2D eigenvalue weighted by atomic mass is 10.1.